The van der Waals surface area contributed by atoms with Crippen LogP contribution >= 0.6 is 0 Å². The summed E-state index contributed by atoms with van der Waals surface area (Å²) in [5.74, 6) is 0. The highest BCUT2D eigenvalue weighted by Crippen LogP contribution is 2.16. The summed E-state index contributed by atoms with van der Waals surface area (Å²) in [7, 11) is 1.34. The van der Waals surface area contributed by atoms with Gasteiger partial charge in [0.05, 0.1) is 6.61 Å². The third-order valence-corrected chi connectivity index (χ3v) is 2.11. The van der Waals surface area contributed by atoms with Crippen LogP contribution in [0.4, 0.5) is 0 Å². The monoisotopic (exact) mass is 194 g/mol. The van der Waals surface area contributed by atoms with Crippen molar-refractivity contribution in [1.82, 2.24) is 0 Å². The predicted octanol–water partition coefficient (Wildman–Crippen LogP) is -2.57. The van der Waals surface area contributed by atoms with Crippen molar-refractivity contribution in [1.29, 1.82) is 0 Å². The lowest BCUT2D eigenvalue weighted by Crippen LogP contribution is -2.46. The van der Waals surface area contributed by atoms with Crippen molar-refractivity contribution in [3.63, 3.8) is 0 Å². The molecule has 78 valence electrons. The summed E-state index contributed by atoms with van der Waals surface area (Å²) in [5.41, 5.74) is 0. The van der Waals surface area contributed by atoms with Crippen LogP contribution in [-0.4, -0.2) is 64.8 Å². The van der Waals surface area contributed by atoms with E-state index in [1.54, 1.807) is 0 Å². The van der Waals surface area contributed by atoms with Gasteiger partial charge in [0, 0.05) is 7.11 Å². The van der Waals surface area contributed by atoms with E-state index < -0.39 is 30.7 Å². The highest BCUT2D eigenvalue weighted by molar-refractivity contribution is 4.86. The van der Waals surface area contributed by atoms with E-state index in [-0.39, 0.29) is 6.61 Å². The lowest BCUT2D eigenvalue weighted by molar-refractivity contribution is -0.181. The van der Waals surface area contributed by atoms with Gasteiger partial charge in [0.1, 0.15) is 24.4 Å². The molecule has 0 aromatic heterocycles. The molecule has 1 rings (SSSR count). The molecule has 1 aliphatic rings. The molecule has 0 aliphatic carbocycles. The summed E-state index contributed by atoms with van der Waals surface area (Å²) >= 11 is 0. The number of hydrogen-bond donors (Lipinski definition) is 4. The Balaban J connectivity index is 2.69. The Morgan fingerprint density at radius 2 is 1.69 bits per heavy atom. The molecule has 0 spiro atoms. The van der Waals surface area contributed by atoms with E-state index in [0.717, 1.165) is 0 Å². The molecule has 0 bridgehead atoms. The molecule has 0 radical (unpaired) electrons. The Kier molecular flexibility index (Phi) is 3.60. The van der Waals surface area contributed by atoms with E-state index in [1.165, 1.54) is 7.11 Å². The van der Waals surface area contributed by atoms with Crippen LogP contribution in [0.3, 0.4) is 0 Å². The van der Waals surface area contributed by atoms with E-state index in [1.807, 2.05) is 0 Å². The van der Waals surface area contributed by atoms with Crippen LogP contribution in [0.25, 0.3) is 0 Å². The van der Waals surface area contributed by atoms with Crippen LogP contribution in [0.15, 0.2) is 0 Å². The number of aliphatic hydroxyl groups is 4. The second kappa shape index (κ2) is 4.32. The lowest BCUT2D eigenvalue weighted by Gasteiger charge is -2.23. The number of hydrogen-bond acceptors (Lipinski definition) is 6. The zero-order chi connectivity index (χ0) is 10.0. The molecule has 6 heteroatoms. The third-order valence-electron chi connectivity index (χ3n) is 2.11. The molecule has 1 fully saturated rings. The van der Waals surface area contributed by atoms with Gasteiger partial charge in [-0.3, -0.25) is 0 Å². The minimum Gasteiger partial charge on any atom is -0.388 e. The largest absolute Gasteiger partial charge is 0.388 e. The van der Waals surface area contributed by atoms with Gasteiger partial charge in [-0.2, -0.15) is 0 Å². The van der Waals surface area contributed by atoms with E-state index in [0.29, 0.717) is 0 Å². The third kappa shape index (κ3) is 2.16. The summed E-state index contributed by atoms with van der Waals surface area (Å²) < 4.78 is 9.51. The molecule has 0 saturated carbocycles. The maximum absolute atomic E-state index is 9.38. The Morgan fingerprint density at radius 1 is 1.08 bits per heavy atom. The van der Waals surface area contributed by atoms with Crippen molar-refractivity contribution in [2.75, 3.05) is 13.7 Å². The fourth-order valence-electron chi connectivity index (χ4n) is 1.19. The molecule has 4 N–H and O–H groups in total. The molecule has 0 unspecified atom stereocenters. The number of rotatable bonds is 1. The van der Waals surface area contributed by atoms with E-state index in [9.17, 15) is 10.2 Å². The summed E-state index contributed by atoms with van der Waals surface area (Å²) in [5, 5.41) is 36.9. The van der Waals surface area contributed by atoms with Crippen LogP contribution in [0.2, 0.25) is 0 Å². The van der Waals surface area contributed by atoms with Crippen LogP contribution in [0, 0.1) is 0 Å². The minimum atomic E-state index is -1.52. The fraction of sp³-hybridized carbons (Fsp3) is 1.00. The maximum Gasteiger partial charge on any atom is 0.183 e. The zero-order valence-corrected chi connectivity index (χ0v) is 7.20. The predicted molar refractivity (Wildman–Crippen MR) is 40.8 cm³/mol. The van der Waals surface area contributed by atoms with Gasteiger partial charge in [-0.05, 0) is 0 Å². The topological polar surface area (TPSA) is 99.4 Å². The van der Waals surface area contributed by atoms with Crippen LogP contribution in [0.1, 0.15) is 0 Å². The van der Waals surface area contributed by atoms with Gasteiger partial charge >= 0.3 is 0 Å². The standard InChI is InChI=1S/C7H14O6/c1-12-3-2-13-7(11)6(10)5(9)4(3)8/h3-11H,2H2,1H3/t3-,4-,5+,6+,7+/m1/s1. The highest BCUT2D eigenvalue weighted by Gasteiger charge is 2.39. The van der Waals surface area contributed by atoms with Gasteiger partial charge < -0.3 is 29.9 Å². The molecule has 6 nitrogen and oxygen atoms in total. The first-order chi connectivity index (χ1) is 6.07. The van der Waals surface area contributed by atoms with E-state index >= 15 is 0 Å². The van der Waals surface area contributed by atoms with Crippen LogP contribution in [0.5, 0.6) is 0 Å². The maximum atomic E-state index is 9.38. The molecular weight excluding hydrogens is 180 g/mol. The van der Waals surface area contributed by atoms with Gasteiger partial charge in [0.2, 0.25) is 0 Å². The van der Waals surface area contributed by atoms with Crippen molar-refractivity contribution < 1.29 is 29.9 Å². The second-order valence-electron chi connectivity index (χ2n) is 2.97. The van der Waals surface area contributed by atoms with Crippen molar-refractivity contribution in [3.05, 3.63) is 0 Å². The first kappa shape index (κ1) is 10.8. The quantitative estimate of drug-likeness (QED) is 0.366. The van der Waals surface area contributed by atoms with E-state index in [4.69, 9.17) is 19.7 Å². The van der Waals surface area contributed by atoms with Gasteiger partial charge in [0.15, 0.2) is 6.29 Å². The number of ether oxygens (including phenoxy) is 2. The number of methoxy groups -OCH3 is 1. The first-order valence-electron chi connectivity index (χ1n) is 3.94. The average Bonchev–Trinajstić information content (AvgIpc) is 2.22. The molecule has 1 heterocycles. The van der Waals surface area contributed by atoms with Crippen LogP contribution < -0.4 is 0 Å². The van der Waals surface area contributed by atoms with Crippen molar-refractivity contribution in [3.8, 4) is 0 Å². The molecule has 13 heavy (non-hydrogen) atoms. The lowest BCUT2D eigenvalue weighted by atomic mass is 10.0. The molecule has 1 saturated heterocycles. The molecule has 0 aromatic carbocycles. The van der Waals surface area contributed by atoms with Gasteiger partial charge in [-0.25, -0.2) is 0 Å². The molecule has 0 aromatic rings. The second-order valence-corrected chi connectivity index (χ2v) is 2.97. The Bertz CT molecular complexity index is 161. The highest BCUT2D eigenvalue weighted by atomic mass is 16.6. The van der Waals surface area contributed by atoms with Crippen molar-refractivity contribution in [2.24, 2.45) is 0 Å². The SMILES string of the molecule is CO[C@@H]1CO[C@H](O)[C@@H](O)[C@@H](O)[C@@H]1O. The Labute approximate surface area is 75.3 Å². The summed E-state index contributed by atoms with van der Waals surface area (Å²) in [6, 6.07) is 0. The molecule has 5 atom stereocenters. The summed E-state index contributed by atoms with van der Waals surface area (Å²) in [4.78, 5) is 0. The fourth-order valence-corrected chi connectivity index (χ4v) is 1.19. The summed E-state index contributed by atoms with van der Waals surface area (Å²) in [6.45, 7) is -0.0764. The molecule has 1 aliphatic heterocycles. The smallest absolute Gasteiger partial charge is 0.183 e. The van der Waals surface area contributed by atoms with Gasteiger partial charge in [0.25, 0.3) is 0 Å². The van der Waals surface area contributed by atoms with Crippen molar-refractivity contribution >= 4 is 0 Å². The van der Waals surface area contributed by atoms with Gasteiger partial charge in [-0.15, -0.1) is 0 Å². The normalized spacial score (nSPS) is 47.3. The van der Waals surface area contributed by atoms with Gasteiger partial charge in [-0.1, -0.05) is 0 Å². The Hall–Kier alpha value is -0.240. The average molecular weight is 194 g/mol. The number of aliphatic hydroxyl groups excluding tert-OH is 4. The summed E-state index contributed by atoms with van der Waals surface area (Å²) in [6.07, 6.45) is -6.50. The molecule has 0 amide bonds. The Morgan fingerprint density at radius 3 is 2.23 bits per heavy atom. The zero-order valence-electron chi connectivity index (χ0n) is 7.20. The van der Waals surface area contributed by atoms with E-state index in [2.05, 4.69) is 0 Å². The molecular formula is C7H14O6. The van der Waals surface area contributed by atoms with Crippen molar-refractivity contribution in [2.45, 2.75) is 30.7 Å². The minimum absolute atomic E-state index is 0.0764. The first-order valence-corrected chi connectivity index (χ1v) is 3.94. The van der Waals surface area contributed by atoms with Crippen LogP contribution in [-0.2, 0) is 9.47 Å².